The summed E-state index contributed by atoms with van der Waals surface area (Å²) < 4.78 is 71.3. The maximum absolute atomic E-state index is 13.6. The zero-order valence-electron chi connectivity index (χ0n) is 12.0. The molecule has 1 N–H and O–H groups in total. The van der Waals surface area contributed by atoms with Crippen LogP contribution in [0.1, 0.15) is 5.56 Å². The molecule has 0 spiro atoms. The van der Waals surface area contributed by atoms with Crippen molar-refractivity contribution in [2.24, 2.45) is 0 Å². The molecule has 1 amide bonds. The van der Waals surface area contributed by atoms with Gasteiger partial charge in [-0.1, -0.05) is 11.6 Å². The maximum atomic E-state index is 13.6. The standard InChI is InChI=1S/C15H9ClF5NO2/c1-24-9-3-2-6(16)4-8(9)22-10(23)5-7-11(17)13(19)15(21)14(20)12(7)18/h2-4H,5H2,1H3,(H,22,23). The highest BCUT2D eigenvalue weighted by atomic mass is 35.5. The van der Waals surface area contributed by atoms with E-state index in [-0.39, 0.29) is 16.5 Å². The average Bonchev–Trinajstić information content (AvgIpc) is 2.55. The topological polar surface area (TPSA) is 38.3 Å². The number of halogens is 6. The number of hydrogen-bond donors (Lipinski definition) is 1. The molecule has 0 aliphatic rings. The fraction of sp³-hybridized carbons (Fsp3) is 0.133. The Hall–Kier alpha value is -2.35. The van der Waals surface area contributed by atoms with Crippen molar-refractivity contribution in [2.75, 3.05) is 12.4 Å². The Morgan fingerprint density at radius 1 is 1.04 bits per heavy atom. The van der Waals surface area contributed by atoms with Gasteiger partial charge >= 0.3 is 0 Å². The summed E-state index contributed by atoms with van der Waals surface area (Å²) in [5, 5.41) is 2.48. The van der Waals surface area contributed by atoms with Gasteiger partial charge in [-0.05, 0) is 18.2 Å². The smallest absolute Gasteiger partial charge is 0.229 e. The van der Waals surface area contributed by atoms with Crippen LogP contribution in [0.25, 0.3) is 0 Å². The van der Waals surface area contributed by atoms with Gasteiger partial charge in [0.2, 0.25) is 11.7 Å². The molecule has 2 aromatic rings. The van der Waals surface area contributed by atoms with E-state index in [9.17, 15) is 26.7 Å². The third-order valence-corrected chi connectivity index (χ3v) is 3.31. The first-order valence-corrected chi connectivity index (χ1v) is 6.77. The molecule has 2 aromatic carbocycles. The van der Waals surface area contributed by atoms with Gasteiger partial charge in [-0.25, -0.2) is 22.0 Å². The number of amides is 1. The van der Waals surface area contributed by atoms with E-state index in [1.54, 1.807) is 0 Å². The summed E-state index contributed by atoms with van der Waals surface area (Å²) >= 11 is 5.76. The number of ether oxygens (including phenoxy) is 1. The Morgan fingerprint density at radius 3 is 2.12 bits per heavy atom. The Kier molecular flexibility index (Phi) is 5.28. The van der Waals surface area contributed by atoms with Gasteiger partial charge in [0.15, 0.2) is 23.3 Å². The van der Waals surface area contributed by atoms with E-state index < -0.39 is 47.0 Å². The molecule has 0 heterocycles. The molecule has 2 rings (SSSR count). The monoisotopic (exact) mass is 365 g/mol. The van der Waals surface area contributed by atoms with E-state index in [1.165, 1.54) is 25.3 Å². The first kappa shape index (κ1) is 18.0. The number of methoxy groups -OCH3 is 1. The van der Waals surface area contributed by atoms with E-state index in [4.69, 9.17) is 16.3 Å². The lowest BCUT2D eigenvalue weighted by molar-refractivity contribution is -0.115. The van der Waals surface area contributed by atoms with E-state index in [1.807, 2.05) is 0 Å². The second-order valence-electron chi connectivity index (χ2n) is 4.62. The third-order valence-electron chi connectivity index (χ3n) is 3.07. The highest BCUT2D eigenvalue weighted by Crippen LogP contribution is 2.28. The number of carbonyl (C=O) groups is 1. The minimum Gasteiger partial charge on any atom is -0.495 e. The molecule has 24 heavy (non-hydrogen) atoms. The highest BCUT2D eigenvalue weighted by Gasteiger charge is 2.27. The van der Waals surface area contributed by atoms with Crippen LogP contribution in [0.2, 0.25) is 5.02 Å². The Bertz CT molecular complexity index is 784. The summed E-state index contributed by atoms with van der Waals surface area (Å²) in [7, 11) is 1.31. The fourth-order valence-corrected chi connectivity index (χ4v) is 2.11. The van der Waals surface area contributed by atoms with Gasteiger partial charge in [0.1, 0.15) is 5.75 Å². The molecule has 3 nitrogen and oxygen atoms in total. The predicted molar refractivity (Wildman–Crippen MR) is 76.6 cm³/mol. The summed E-state index contributed by atoms with van der Waals surface area (Å²) in [6, 6.07) is 4.20. The zero-order valence-corrected chi connectivity index (χ0v) is 12.8. The van der Waals surface area contributed by atoms with Gasteiger partial charge < -0.3 is 10.1 Å². The molecule has 128 valence electrons. The van der Waals surface area contributed by atoms with Crippen molar-refractivity contribution < 1.29 is 31.5 Å². The van der Waals surface area contributed by atoms with Gasteiger partial charge in [0.05, 0.1) is 19.2 Å². The lowest BCUT2D eigenvalue weighted by atomic mass is 10.1. The van der Waals surface area contributed by atoms with Crippen molar-refractivity contribution in [2.45, 2.75) is 6.42 Å². The molecule has 0 unspecified atom stereocenters. The van der Waals surface area contributed by atoms with Crippen LogP contribution in [-0.4, -0.2) is 13.0 Å². The van der Waals surface area contributed by atoms with E-state index >= 15 is 0 Å². The molecule has 0 aromatic heterocycles. The first-order valence-electron chi connectivity index (χ1n) is 6.40. The quantitative estimate of drug-likeness (QED) is 0.500. The number of hydrogen-bond acceptors (Lipinski definition) is 2. The Morgan fingerprint density at radius 2 is 1.58 bits per heavy atom. The number of nitrogens with one attached hydrogen (secondary N) is 1. The third kappa shape index (κ3) is 3.43. The van der Waals surface area contributed by atoms with Crippen LogP contribution in [0.4, 0.5) is 27.6 Å². The summed E-state index contributed by atoms with van der Waals surface area (Å²) in [6.45, 7) is 0. The normalized spacial score (nSPS) is 10.6. The van der Waals surface area contributed by atoms with Crippen molar-refractivity contribution in [3.8, 4) is 5.75 Å². The minimum absolute atomic E-state index is 0.0823. The lowest BCUT2D eigenvalue weighted by Crippen LogP contribution is -2.18. The van der Waals surface area contributed by atoms with Crippen LogP contribution in [0, 0.1) is 29.1 Å². The van der Waals surface area contributed by atoms with Crippen LogP contribution in [0.3, 0.4) is 0 Å². The largest absolute Gasteiger partial charge is 0.495 e. The van der Waals surface area contributed by atoms with Crippen LogP contribution >= 0.6 is 11.6 Å². The molecule has 0 radical (unpaired) electrons. The van der Waals surface area contributed by atoms with Crippen molar-refractivity contribution in [1.82, 2.24) is 0 Å². The number of benzene rings is 2. The number of carbonyl (C=O) groups excluding carboxylic acids is 1. The lowest BCUT2D eigenvalue weighted by Gasteiger charge is -2.12. The van der Waals surface area contributed by atoms with Gasteiger partial charge in [-0.2, -0.15) is 0 Å². The average molecular weight is 366 g/mol. The van der Waals surface area contributed by atoms with E-state index in [2.05, 4.69) is 5.32 Å². The molecule has 0 saturated carbocycles. The van der Waals surface area contributed by atoms with Gasteiger partial charge in [-0.15, -0.1) is 0 Å². The van der Waals surface area contributed by atoms with E-state index in [0.717, 1.165) is 0 Å². The van der Waals surface area contributed by atoms with Crippen molar-refractivity contribution in [3.05, 3.63) is 57.9 Å². The zero-order chi connectivity index (χ0) is 18.0. The summed E-state index contributed by atoms with van der Waals surface area (Å²) in [5.74, 6) is -11.4. The molecule has 0 saturated heterocycles. The fourth-order valence-electron chi connectivity index (χ4n) is 1.94. The highest BCUT2D eigenvalue weighted by molar-refractivity contribution is 6.31. The SMILES string of the molecule is COc1ccc(Cl)cc1NC(=O)Cc1c(F)c(F)c(F)c(F)c1F. The molecular formula is C15H9ClF5NO2. The molecule has 0 atom stereocenters. The molecule has 9 heteroatoms. The van der Waals surface area contributed by atoms with Gasteiger partial charge in [-0.3, -0.25) is 4.79 Å². The molecule has 0 bridgehead atoms. The second-order valence-corrected chi connectivity index (χ2v) is 5.05. The molecule has 0 aliphatic heterocycles. The summed E-state index contributed by atoms with van der Waals surface area (Å²) in [4.78, 5) is 11.9. The first-order chi connectivity index (χ1) is 11.3. The van der Waals surface area contributed by atoms with Crippen molar-refractivity contribution in [1.29, 1.82) is 0 Å². The van der Waals surface area contributed by atoms with Crippen LogP contribution < -0.4 is 10.1 Å². The minimum atomic E-state index is -2.29. The maximum Gasteiger partial charge on any atom is 0.229 e. The number of rotatable bonds is 4. The Labute approximate surface area is 138 Å². The molecule has 0 aliphatic carbocycles. The van der Waals surface area contributed by atoms with Gasteiger partial charge in [0.25, 0.3) is 0 Å². The van der Waals surface area contributed by atoms with E-state index in [0.29, 0.717) is 0 Å². The second kappa shape index (κ2) is 7.04. The Balaban J connectivity index is 2.30. The molecule has 0 fully saturated rings. The van der Waals surface area contributed by atoms with Crippen LogP contribution in [-0.2, 0) is 11.2 Å². The van der Waals surface area contributed by atoms with Gasteiger partial charge in [0, 0.05) is 10.6 Å². The van der Waals surface area contributed by atoms with Crippen molar-refractivity contribution in [3.63, 3.8) is 0 Å². The predicted octanol–water partition coefficient (Wildman–Crippen LogP) is 4.23. The van der Waals surface area contributed by atoms with Crippen LogP contribution in [0.5, 0.6) is 5.75 Å². The summed E-state index contributed by atoms with van der Waals surface area (Å²) in [5.41, 5.74) is -1.15. The van der Waals surface area contributed by atoms with Crippen LogP contribution in [0.15, 0.2) is 18.2 Å². The van der Waals surface area contributed by atoms with Crippen molar-refractivity contribution >= 4 is 23.2 Å². The molecular weight excluding hydrogens is 357 g/mol. The number of anilines is 1. The summed E-state index contributed by atoms with van der Waals surface area (Å²) in [6.07, 6.45) is -1.07.